The molecule has 0 radical (unpaired) electrons. The molecule has 0 aliphatic heterocycles. The smallest absolute Gasteiger partial charge is 0.238 e. The number of oxime groups is 1. The van der Waals surface area contributed by atoms with Crippen molar-refractivity contribution in [3.63, 3.8) is 0 Å². The molecule has 0 aromatic heterocycles. The maximum atomic E-state index is 13.8. The second-order valence-electron chi connectivity index (χ2n) is 4.47. The number of nitrogens with zero attached hydrogens (tertiary/aromatic N) is 1. The molecule has 0 heterocycles. The molecular formula is C13H16BrF2N3O2. The number of nitrogens with one attached hydrogen (secondary N) is 1. The van der Waals surface area contributed by atoms with Crippen LogP contribution in [0.3, 0.4) is 0 Å². The van der Waals surface area contributed by atoms with Crippen LogP contribution in [0.4, 0.5) is 14.5 Å². The number of hydrogen-bond acceptors (Lipinski definition) is 3. The third-order valence-electron chi connectivity index (χ3n) is 3.49. The highest BCUT2D eigenvalue weighted by molar-refractivity contribution is 9.10. The number of rotatable bonds is 5. The summed E-state index contributed by atoms with van der Waals surface area (Å²) < 4.78 is 26.9. The summed E-state index contributed by atoms with van der Waals surface area (Å²) >= 11 is 2.99. The number of amidine groups is 1. The Morgan fingerprint density at radius 3 is 2.43 bits per heavy atom. The molecule has 0 aliphatic carbocycles. The predicted molar refractivity (Wildman–Crippen MR) is 79.1 cm³/mol. The van der Waals surface area contributed by atoms with Gasteiger partial charge in [0, 0.05) is 10.5 Å². The summed E-state index contributed by atoms with van der Waals surface area (Å²) in [5.41, 5.74) is 4.14. The standard InChI is InChI=1S/C13H16BrF2N3O2/c1-3-13(4-2,11(17)19-21)12(20)18-10-8(14)5-7(15)6-9(10)16/h5-6,21H,3-4H2,1-2H3,(H2,17,19)(H,18,20). The Labute approximate surface area is 129 Å². The van der Waals surface area contributed by atoms with Gasteiger partial charge in [-0.05, 0) is 34.8 Å². The normalized spacial score (nSPS) is 12.3. The van der Waals surface area contributed by atoms with Crippen molar-refractivity contribution in [3.05, 3.63) is 28.2 Å². The van der Waals surface area contributed by atoms with Crippen molar-refractivity contribution in [3.8, 4) is 0 Å². The van der Waals surface area contributed by atoms with Crippen LogP contribution in [-0.2, 0) is 4.79 Å². The van der Waals surface area contributed by atoms with Gasteiger partial charge in [-0.25, -0.2) is 8.78 Å². The number of nitrogens with two attached hydrogens (primary N) is 1. The maximum absolute atomic E-state index is 13.8. The zero-order chi connectivity index (χ0) is 16.2. The summed E-state index contributed by atoms with van der Waals surface area (Å²) in [7, 11) is 0. The predicted octanol–water partition coefficient (Wildman–Crippen LogP) is 3.22. The zero-order valence-corrected chi connectivity index (χ0v) is 13.2. The number of hydrogen-bond donors (Lipinski definition) is 3. The van der Waals surface area contributed by atoms with E-state index in [1.54, 1.807) is 13.8 Å². The third kappa shape index (κ3) is 3.31. The van der Waals surface area contributed by atoms with Crippen LogP contribution < -0.4 is 11.1 Å². The molecule has 1 amide bonds. The number of carbonyl (C=O) groups is 1. The molecule has 1 aromatic rings. The van der Waals surface area contributed by atoms with E-state index in [1.165, 1.54) is 0 Å². The van der Waals surface area contributed by atoms with E-state index in [0.717, 1.165) is 6.07 Å². The van der Waals surface area contributed by atoms with Crippen LogP contribution in [0.25, 0.3) is 0 Å². The second-order valence-corrected chi connectivity index (χ2v) is 5.33. The molecule has 0 unspecified atom stereocenters. The fraction of sp³-hybridized carbons (Fsp3) is 0.385. The van der Waals surface area contributed by atoms with Gasteiger partial charge in [-0.15, -0.1) is 0 Å². The molecule has 4 N–H and O–H groups in total. The van der Waals surface area contributed by atoms with Crippen molar-refractivity contribution in [2.75, 3.05) is 5.32 Å². The monoisotopic (exact) mass is 363 g/mol. The molecule has 0 bridgehead atoms. The van der Waals surface area contributed by atoms with Crippen LogP contribution in [0.1, 0.15) is 26.7 Å². The van der Waals surface area contributed by atoms with Gasteiger partial charge < -0.3 is 16.3 Å². The van der Waals surface area contributed by atoms with Gasteiger partial charge in [0.2, 0.25) is 5.91 Å². The van der Waals surface area contributed by atoms with Gasteiger partial charge in [-0.3, -0.25) is 4.79 Å². The van der Waals surface area contributed by atoms with Crippen molar-refractivity contribution < 1.29 is 18.8 Å². The maximum Gasteiger partial charge on any atom is 0.238 e. The fourth-order valence-corrected chi connectivity index (χ4v) is 2.55. The lowest BCUT2D eigenvalue weighted by atomic mass is 9.80. The van der Waals surface area contributed by atoms with E-state index in [9.17, 15) is 13.6 Å². The van der Waals surface area contributed by atoms with E-state index in [2.05, 4.69) is 26.4 Å². The molecule has 0 saturated heterocycles. The second kappa shape index (κ2) is 6.84. The Morgan fingerprint density at radius 1 is 1.43 bits per heavy atom. The topological polar surface area (TPSA) is 87.7 Å². The molecule has 5 nitrogen and oxygen atoms in total. The number of carbonyl (C=O) groups excluding carboxylic acids is 1. The van der Waals surface area contributed by atoms with E-state index < -0.39 is 23.0 Å². The average Bonchev–Trinajstić information content (AvgIpc) is 2.44. The Hall–Kier alpha value is -1.70. The van der Waals surface area contributed by atoms with Gasteiger partial charge in [0.1, 0.15) is 11.2 Å². The van der Waals surface area contributed by atoms with Crippen molar-refractivity contribution in [2.24, 2.45) is 16.3 Å². The SMILES string of the molecule is CCC(CC)(C(=O)Nc1c(F)cc(F)cc1Br)C(N)=NO. The minimum absolute atomic E-state index is 0.0639. The fourth-order valence-electron chi connectivity index (χ4n) is 2.04. The van der Waals surface area contributed by atoms with E-state index in [0.29, 0.717) is 6.07 Å². The first kappa shape index (κ1) is 17.4. The largest absolute Gasteiger partial charge is 0.409 e. The Bertz CT molecular complexity index is 552. The van der Waals surface area contributed by atoms with Crippen LogP contribution in [-0.4, -0.2) is 17.0 Å². The lowest BCUT2D eigenvalue weighted by Crippen LogP contribution is -2.46. The molecule has 0 saturated carbocycles. The van der Waals surface area contributed by atoms with Crippen molar-refractivity contribution >= 4 is 33.4 Å². The van der Waals surface area contributed by atoms with E-state index >= 15 is 0 Å². The highest BCUT2D eigenvalue weighted by Gasteiger charge is 2.40. The summed E-state index contributed by atoms with van der Waals surface area (Å²) in [6.07, 6.45) is 0.511. The highest BCUT2D eigenvalue weighted by atomic mass is 79.9. The van der Waals surface area contributed by atoms with Crippen molar-refractivity contribution in [2.45, 2.75) is 26.7 Å². The lowest BCUT2D eigenvalue weighted by molar-refractivity contribution is -0.122. The number of halogens is 3. The minimum Gasteiger partial charge on any atom is -0.409 e. The molecule has 0 aliphatic rings. The number of amides is 1. The first-order valence-electron chi connectivity index (χ1n) is 6.26. The molecule has 0 fully saturated rings. The van der Waals surface area contributed by atoms with Gasteiger partial charge in [-0.1, -0.05) is 19.0 Å². The van der Waals surface area contributed by atoms with E-state index in [1.807, 2.05) is 0 Å². The van der Waals surface area contributed by atoms with Gasteiger partial charge in [0.15, 0.2) is 11.7 Å². The first-order valence-corrected chi connectivity index (χ1v) is 7.05. The number of benzene rings is 1. The van der Waals surface area contributed by atoms with Gasteiger partial charge in [-0.2, -0.15) is 0 Å². The van der Waals surface area contributed by atoms with Crippen LogP contribution in [0, 0.1) is 17.0 Å². The van der Waals surface area contributed by atoms with Crippen LogP contribution in [0.5, 0.6) is 0 Å². The third-order valence-corrected chi connectivity index (χ3v) is 4.11. The minimum atomic E-state index is -1.27. The average molecular weight is 364 g/mol. The van der Waals surface area contributed by atoms with Gasteiger partial charge in [0.05, 0.1) is 5.69 Å². The highest BCUT2D eigenvalue weighted by Crippen LogP contribution is 2.32. The van der Waals surface area contributed by atoms with Crippen LogP contribution >= 0.6 is 15.9 Å². The van der Waals surface area contributed by atoms with Crippen molar-refractivity contribution in [1.29, 1.82) is 0 Å². The Kier molecular flexibility index (Phi) is 5.65. The van der Waals surface area contributed by atoms with E-state index in [4.69, 9.17) is 10.9 Å². The summed E-state index contributed by atoms with van der Waals surface area (Å²) in [6.45, 7) is 3.38. The molecule has 0 spiro atoms. The van der Waals surface area contributed by atoms with Gasteiger partial charge in [0.25, 0.3) is 0 Å². The molecule has 0 atom stereocenters. The summed E-state index contributed by atoms with van der Waals surface area (Å²) in [6, 6.07) is 1.69. The first-order chi connectivity index (χ1) is 9.82. The number of anilines is 1. The summed E-state index contributed by atoms with van der Waals surface area (Å²) in [5, 5.41) is 14.1. The Morgan fingerprint density at radius 2 is 2.00 bits per heavy atom. The molecule has 1 rings (SSSR count). The lowest BCUT2D eigenvalue weighted by Gasteiger charge is -2.28. The van der Waals surface area contributed by atoms with Crippen molar-refractivity contribution in [1.82, 2.24) is 0 Å². The molecule has 8 heteroatoms. The molecular weight excluding hydrogens is 348 g/mol. The summed E-state index contributed by atoms with van der Waals surface area (Å²) in [4.78, 5) is 12.4. The van der Waals surface area contributed by atoms with Crippen LogP contribution in [0.2, 0.25) is 0 Å². The zero-order valence-electron chi connectivity index (χ0n) is 11.6. The van der Waals surface area contributed by atoms with Gasteiger partial charge >= 0.3 is 0 Å². The molecule has 116 valence electrons. The molecule has 1 aromatic carbocycles. The quantitative estimate of drug-likeness (QED) is 0.324. The Balaban J connectivity index is 3.21. The molecule has 21 heavy (non-hydrogen) atoms. The summed E-state index contributed by atoms with van der Waals surface area (Å²) in [5.74, 6) is -2.58. The van der Waals surface area contributed by atoms with Crippen LogP contribution in [0.15, 0.2) is 21.8 Å². The van der Waals surface area contributed by atoms with E-state index in [-0.39, 0.29) is 28.8 Å².